The number of methoxy groups -OCH3 is 1. The highest BCUT2D eigenvalue weighted by Crippen LogP contribution is 2.51. The van der Waals surface area contributed by atoms with E-state index in [1.165, 1.54) is 18.7 Å². The van der Waals surface area contributed by atoms with Gasteiger partial charge in [-0.15, -0.1) is 5.10 Å². The Morgan fingerprint density at radius 2 is 2.03 bits per heavy atom. The molecule has 3 heterocycles. The van der Waals surface area contributed by atoms with Crippen molar-refractivity contribution in [3.63, 3.8) is 0 Å². The van der Waals surface area contributed by atoms with Crippen LogP contribution in [-0.2, 0) is 18.8 Å². The predicted molar refractivity (Wildman–Crippen MR) is 120 cm³/mol. The number of pyridine rings is 1. The number of aliphatic hydroxyl groups excluding tert-OH is 2. The Balaban J connectivity index is 1.55. The summed E-state index contributed by atoms with van der Waals surface area (Å²) in [5.41, 5.74) is 1.36. The molecule has 190 valence electrons. The molecule has 15 heteroatoms. The average molecular weight is 522 g/mol. The number of ether oxygens (including phenoxy) is 3. The molecule has 2 aliphatic rings. The number of halogens is 1. The summed E-state index contributed by atoms with van der Waals surface area (Å²) in [6, 6.07) is 1.95. The molecule has 0 amide bonds. The van der Waals surface area contributed by atoms with Crippen LogP contribution in [0, 0.1) is 0 Å². The first kappa shape index (κ1) is 25.7. The number of anilines is 1. The Kier molecular flexibility index (Phi) is 7.49. The molecule has 2 fully saturated rings. The molecule has 0 aromatic carbocycles. The lowest BCUT2D eigenvalue weighted by Gasteiger charge is -2.31. The fraction of sp³-hybridized carbons (Fsp3) is 0.737. The van der Waals surface area contributed by atoms with Gasteiger partial charge in [-0.3, -0.25) is 4.57 Å². The van der Waals surface area contributed by atoms with Crippen LogP contribution in [-0.4, -0.2) is 90.0 Å². The van der Waals surface area contributed by atoms with Gasteiger partial charge in [-0.1, -0.05) is 29.7 Å². The van der Waals surface area contributed by atoms with Crippen molar-refractivity contribution < 1.29 is 38.8 Å². The maximum Gasteiger partial charge on any atom is 0.359 e. The van der Waals surface area contributed by atoms with Crippen LogP contribution in [0.15, 0.2) is 6.07 Å². The van der Waals surface area contributed by atoms with Gasteiger partial charge in [0.25, 0.3) is 0 Å². The van der Waals surface area contributed by atoms with Crippen LogP contribution in [0.5, 0.6) is 0 Å². The first-order valence-corrected chi connectivity index (χ1v) is 12.9. The maximum atomic E-state index is 11.9. The molecule has 5 atom stereocenters. The van der Waals surface area contributed by atoms with Crippen molar-refractivity contribution in [1.82, 2.24) is 20.0 Å². The standard InChI is InChI=1S/C19H29ClN5O8P/c1-19(9-31-2,34(28,29)30)32-8-12-15(26)16(27)18(33-12)25-17-14(23-24-25)11(7-13(20)22-17)21-10-5-3-4-6-10/h7,10,12,15-16,18,26-27H,3-6,8-9H2,1-2H3,(H,21,22)(H2,28,29,30)/t12-,15-,16-,18-,19+/m1/s1. The predicted octanol–water partition coefficient (Wildman–Crippen LogP) is 1.01. The highest BCUT2D eigenvalue weighted by Gasteiger charge is 2.49. The van der Waals surface area contributed by atoms with E-state index in [4.69, 9.17) is 25.8 Å². The smallest absolute Gasteiger partial charge is 0.359 e. The molecule has 1 saturated carbocycles. The minimum absolute atomic E-state index is 0.196. The second-order valence-electron chi connectivity index (χ2n) is 8.83. The van der Waals surface area contributed by atoms with Gasteiger partial charge >= 0.3 is 7.60 Å². The minimum Gasteiger partial charge on any atom is -0.387 e. The molecule has 4 rings (SSSR count). The zero-order valence-electron chi connectivity index (χ0n) is 18.7. The molecular weight excluding hydrogens is 493 g/mol. The van der Waals surface area contributed by atoms with Crippen molar-refractivity contribution in [1.29, 1.82) is 0 Å². The first-order chi connectivity index (χ1) is 16.0. The van der Waals surface area contributed by atoms with Crippen molar-refractivity contribution in [2.45, 2.75) is 68.5 Å². The average Bonchev–Trinajstić information content (AvgIpc) is 3.48. The lowest BCUT2D eigenvalue weighted by molar-refractivity contribution is -0.108. The first-order valence-electron chi connectivity index (χ1n) is 10.9. The van der Waals surface area contributed by atoms with Crippen LogP contribution >= 0.6 is 19.2 Å². The topological polar surface area (TPSA) is 181 Å². The number of fused-ring (bicyclic) bond motifs is 1. The van der Waals surface area contributed by atoms with E-state index in [1.807, 2.05) is 0 Å². The number of hydrogen-bond donors (Lipinski definition) is 5. The van der Waals surface area contributed by atoms with Crippen molar-refractivity contribution in [2.24, 2.45) is 0 Å². The Bertz CT molecular complexity index is 1060. The Hall–Kier alpha value is -1.41. The van der Waals surface area contributed by atoms with Crippen molar-refractivity contribution >= 4 is 36.0 Å². The van der Waals surface area contributed by atoms with Gasteiger partial charge in [0.15, 0.2) is 22.7 Å². The summed E-state index contributed by atoms with van der Waals surface area (Å²) in [7, 11) is -3.44. The van der Waals surface area contributed by atoms with E-state index < -0.39 is 44.1 Å². The van der Waals surface area contributed by atoms with E-state index in [0.29, 0.717) is 17.2 Å². The van der Waals surface area contributed by atoms with Crippen molar-refractivity contribution in [2.75, 3.05) is 25.6 Å². The number of rotatable bonds is 9. The lowest BCUT2D eigenvalue weighted by atomic mass is 10.1. The summed E-state index contributed by atoms with van der Waals surface area (Å²) >= 11 is 6.23. The van der Waals surface area contributed by atoms with E-state index >= 15 is 0 Å². The van der Waals surface area contributed by atoms with Crippen LogP contribution in [0.25, 0.3) is 11.2 Å². The van der Waals surface area contributed by atoms with Gasteiger partial charge in [-0.25, -0.2) is 4.98 Å². The number of hydrogen-bond acceptors (Lipinski definition) is 10. The summed E-state index contributed by atoms with van der Waals surface area (Å²) in [6.45, 7) is 0.385. The van der Waals surface area contributed by atoms with Gasteiger partial charge in [0.05, 0.1) is 18.9 Å². The highest BCUT2D eigenvalue weighted by molar-refractivity contribution is 7.53. The number of aromatic nitrogens is 4. The van der Waals surface area contributed by atoms with Crippen LogP contribution < -0.4 is 5.32 Å². The lowest BCUT2D eigenvalue weighted by Crippen LogP contribution is -2.40. The molecule has 5 N–H and O–H groups in total. The Labute approximate surface area is 200 Å². The van der Waals surface area contributed by atoms with Crippen LogP contribution in [0.3, 0.4) is 0 Å². The van der Waals surface area contributed by atoms with E-state index in [1.54, 1.807) is 6.07 Å². The van der Waals surface area contributed by atoms with Crippen LogP contribution in [0.2, 0.25) is 5.15 Å². The molecule has 13 nitrogen and oxygen atoms in total. The monoisotopic (exact) mass is 521 g/mol. The van der Waals surface area contributed by atoms with E-state index in [2.05, 4.69) is 20.6 Å². The van der Waals surface area contributed by atoms with Crippen molar-refractivity contribution in [3.8, 4) is 0 Å². The summed E-state index contributed by atoms with van der Waals surface area (Å²) in [6.07, 6.45) is -0.811. The second-order valence-corrected chi connectivity index (χ2v) is 11.3. The third-order valence-electron chi connectivity index (χ3n) is 6.28. The van der Waals surface area contributed by atoms with Gasteiger partial charge < -0.3 is 39.5 Å². The molecule has 0 radical (unpaired) electrons. The zero-order valence-corrected chi connectivity index (χ0v) is 20.4. The van der Waals surface area contributed by atoms with E-state index in [0.717, 1.165) is 25.7 Å². The molecule has 0 unspecified atom stereocenters. The highest BCUT2D eigenvalue weighted by atomic mass is 35.5. The molecule has 0 spiro atoms. The summed E-state index contributed by atoms with van der Waals surface area (Å²) in [5, 5.41) is 31.1. The molecule has 1 aliphatic heterocycles. The van der Waals surface area contributed by atoms with Crippen LogP contribution in [0.4, 0.5) is 5.69 Å². The summed E-state index contributed by atoms with van der Waals surface area (Å²) in [4.78, 5) is 23.6. The van der Waals surface area contributed by atoms with E-state index in [9.17, 15) is 24.6 Å². The fourth-order valence-corrected chi connectivity index (χ4v) is 5.00. The summed E-state index contributed by atoms with van der Waals surface area (Å²) < 4.78 is 29.2. The molecule has 0 bridgehead atoms. The zero-order chi connectivity index (χ0) is 24.7. The largest absolute Gasteiger partial charge is 0.387 e. The van der Waals surface area contributed by atoms with Gasteiger partial charge in [-0.2, -0.15) is 4.68 Å². The molecule has 34 heavy (non-hydrogen) atoms. The SMILES string of the molecule is COC[C@@](C)(OC[C@H]1O[C@@H](n2nnc3c(NC4CCCC4)cc(Cl)nc32)[C@H](O)[C@@H]1O)P(=O)(O)O. The van der Waals surface area contributed by atoms with Gasteiger partial charge in [0.1, 0.15) is 23.5 Å². The maximum absolute atomic E-state index is 11.9. The van der Waals surface area contributed by atoms with E-state index in [-0.39, 0.29) is 17.4 Å². The number of aliphatic hydroxyl groups is 2. The Morgan fingerprint density at radius 3 is 2.68 bits per heavy atom. The molecule has 1 aliphatic carbocycles. The molecular formula is C19H29ClN5O8P. The number of nitrogens with one attached hydrogen (secondary N) is 1. The van der Waals surface area contributed by atoms with Gasteiger partial charge in [0, 0.05) is 19.2 Å². The second kappa shape index (κ2) is 9.92. The molecule has 2 aromatic heterocycles. The molecule has 1 saturated heterocycles. The fourth-order valence-electron chi connectivity index (χ4n) is 4.27. The normalized spacial score (nSPS) is 28.0. The van der Waals surface area contributed by atoms with Crippen LogP contribution in [0.1, 0.15) is 38.8 Å². The third kappa shape index (κ3) is 4.95. The third-order valence-corrected chi connectivity index (χ3v) is 7.97. The van der Waals surface area contributed by atoms with Gasteiger partial charge in [-0.05, 0) is 19.8 Å². The minimum atomic E-state index is -4.72. The van der Waals surface area contributed by atoms with Gasteiger partial charge in [0.2, 0.25) is 0 Å². The number of nitrogens with zero attached hydrogens (tertiary/aromatic N) is 4. The quantitative estimate of drug-likeness (QED) is 0.233. The Morgan fingerprint density at radius 1 is 1.32 bits per heavy atom. The van der Waals surface area contributed by atoms with Crippen molar-refractivity contribution in [3.05, 3.63) is 11.2 Å². The molecule has 2 aromatic rings. The summed E-state index contributed by atoms with van der Waals surface area (Å²) in [5.74, 6) is 0.